The van der Waals surface area contributed by atoms with Crippen molar-refractivity contribution < 1.29 is 9.59 Å². The molecule has 0 saturated heterocycles. The smallest absolute Gasteiger partial charge is 0.255 e. The highest BCUT2D eigenvalue weighted by atomic mass is 35.5. The predicted octanol–water partition coefficient (Wildman–Crippen LogP) is 5.30. The number of benzene rings is 3. The molecule has 2 amide bonds. The van der Waals surface area contributed by atoms with Crippen molar-refractivity contribution in [1.82, 2.24) is 5.32 Å². The third-order valence-electron chi connectivity index (χ3n) is 4.00. The molecule has 0 unspecified atom stereocenters. The van der Waals surface area contributed by atoms with Gasteiger partial charge in [0.1, 0.15) is 0 Å². The quantitative estimate of drug-likeness (QED) is 0.454. The lowest BCUT2D eigenvalue weighted by atomic mass is 10.1. The van der Waals surface area contributed by atoms with Crippen molar-refractivity contribution in [2.24, 2.45) is 0 Å². The summed E-state index contributed by atoms with van der Waals surface area (Å²) >= 11 is 17.0. The van der Waals surface area contributed by atoms with E-state index in [4.69, 9.17) is 35.4 Å². The van der Waals surface area contributed by atoms with E-state index in [0.29, 0.717) is 27.0 Å². The van der Waals surface area contributed by atoms with Crippen LogP contribution in [0.3, 0.4) is 0 Å². The number of hydrogen-bond acceptors (Lipinski definition) is 3. The maximum absolute atomic E-state index is 12.4. The molecule has 3 rings (SSSR count). The summed E-state index contributed by atoms with van der Waals surface area (Å²) in [6.45, 7) is 0. The maximum Gasteiger partial charge on any atom is 0.255 e. The van der Waals surface area contributed by atoms with E-state index in [0.717, 1.165) is 5.56 Å². The van der Waals surface area contributed by atoms with E-state index in [-0.39, 0.29) is 23.3 Å². The van der Waals surface area contributed by atoms with Gasteiger partial charge in [0.25, 0.3) is 5.91 Å². The largest absolute Gasteiger partial charge is 0.332 e. The molecule has 0 fully saturated rings. The minimum absolute atomic E-state index is 0.160. The fourth-order valence-corrected chi connectivity index (χ4v) is 3.18. The number of rotatable bonds is 5. The molecule has 0 bridgehead atoms. The van der Waals surface area contributed by atoms with Gasteiger partial charge >= 0.3 is 0 Å². The van der Waals surface area contributed by atoms with Gasteiger partial charge in [-0.1, -0.05) is 47.5 Å². The Labute approximate surface area is 189 Å². The molecular weight excluding hydrogens is 441 g/mol. The standard InChI is InChI=1S/C22H17Cl2N3O2S/c23-16-9-7-14(8-10-16)11-20(28)27-22(30)26-19-6-2-5-18(13-19)25-21(29)15-3-1-4-17(24)12-15/h1-10,12-13H,11H2,(H,25,29)(H2,26,27,28,30). The number of carbonyl (C=O) groups excluding carboxylic acids is 2. The SMILES string of the molecule is O=C(Cc1ccc(Cl)cc1)NC(=S)Nc1cccc(NC(=O)c2cccc(Cl)c2)c1. The highest BCUT2D eigenvalue weighted by Gasteiger charge is 2.09. The molecule has 152 valence electrons. The Hall–Kier alpha value is -2.93. The molecule has 0 aliphatic heterocycles. The zero-order chi connectivity index (χ0) is 21.5. The Bertz CT molecular complexity index is 1090. The fraction of sp³-hybridized carbons (Fsp3) is 0.0455. The second kappa shape index (κ2) is 10.2. The third-order valence-corrected chi connectivity index (χ3v) is 4.69. The van der Waals surface area contributed by atoms with Gasteiger partial charge in [-0.25, -0.2) is 0 Å². The van der Waals surface area contributed by atoms with Gasteiger partial charge in [-0.2, -0.15) is 0 Å². The summed E-state index contributed by atoms with van der Waals surface area (Å²) in [5.74, 6) is -0.534. The van der Waals surface area contributed by atoms with Crippen LogP contribution in [-0.2, 0) is 11.2 Å². The van der Waals surface area contributed by atoms with Crippen LogP contribution in [0.5, 0.6) is 0 Å². The number of nitrogens with one attached hydrogen (secondary N) is 3. The van der Waals surface area contributed by atoms with E-state index in [2.05, 4.69) is 16.0 Å². The summed E-state index contributed by atoms with van der Waals surface area (Å²) in [7, 11) is 0. The van der Waals surface area contributed by atoms with E-state index >= 15 is 0 Å². The van der Waals surface area contributed by atoms with Crippen molar-refractivity contribution in [2.45, 2.75) is 6.42 Å². The average molecular weight is 458 g/mol. The molecule has 30 heavy (non-hydrogen) atoms. The lowest BCUT2D eigenvalue weighted by Gasteiger charge is -2.11. The summed E-state index contributed by atoms with van der Waals surface area (Å²) in [5, 5.41) is 9.62. The molecule has 0 aliphatic carbocycles. The van der Waals surface area contributed by atoms with Gasteiger partial charge in [-0.3, -0.25) is 9.59 Å². The number of carbonyl (C=O) groups is 2. The first-order valence-electron chi connectivity index (χ1n) is 8.91. The Kier molecular flexibility index (Phi) is 7.41. The van der Waals surface area contributed by atoms with Gasteiger partial charge in [0.15, 0.2) is 5.11 Å². The highest BCUT2D eigenvalue weighted by Crippen LogP contribution is 2.17. The van der Waals surface area contributed by atoms with Crippen LogP contribution in [-0.4, -0.2) is 16.9 Å². The van der Waals surface area contributed by atoms with Crippen LogP contribution in [0, 0.1) is 0 Å². The number of amides is 2. The van der Waals surface area contributed by atoms with Crippen molar-refractivity contribution in [1.29, 1.82) is 0 Å². The van der Waals surface area contributed by atoms with Crippen LogP contribution in [0.25, 0.3) is 0 Å². The van der Waals surface area contributed by atoms with Crippen LogP contribution >= 0.6 is 35.4 Å². The third kappa shape index (κ3) is 6.56. The van der Waals surface area contributed by atoms with Gasteiger partial charge in [-0.15, -0.1) is 0 Å². The van der Waals surface area contributed by atoms with Crippen molar-refractivity contribution in [3.8, 4) is 0 Å². The van der Waals surface area contributed by atoms with Gasteiger partial charge in [0.2, 0.25) is 5.91 Å². The Morgan fingerprint density at radius 3 is 2.17 bits per heavy atom. The summed E-state index contributed by atoms with van der Waals surface area (Å²) in [5.41, 5.74) is 2.47. The minimum Gasteiger partial charge on any atom is -0.332 e. The average Bonchev–Trinajstić information content (AvgIpc) is 2.70. The number of thiocarbonyl (C=S) groups is 1. The van der Waals surface area contributed by atoms with Crippen LogP contribution < -0.4 is 16.0 Å². The molecule has 0 spiro atoms. The second-order valence-electron chi connectivity index (χ2n) is 6.35. The first-order valence-corrected chi connectivity index (χ1v) is 10.1. The first-order chi connectivity index (χ1) is 14.4. The number of halogens is 2. The molecule has 8 heteroatoms. The lowest BCUT2D eigenvalue weighted by Crippen LogP contribution is -2.35. The zero-order valence-electron chi connectivity index (χ0n) is 15.6. The Morgan fingerprint density at radius 1 is 0.800 bits per heavy atom. The molecule has 0 heterocycles. The van der Waals surface area contributed by atoms with E-state index in [9.17, 15) is 9.59 Å². The van der Waals surface area contributed by atoms with Crippen molar-refractivity contribution in [2.75, 3.05) is 10.6 Å². The fourth-order valence-electron chi connectivity index (χ4n) is 2.63. The lowest BCUT2D eigenvalue weighted by molar-refractivity contribution is -0.119. The molecule has 3 aromatic carbocycles. The van der Waals surface area contributed by atoms with Crippen molar-refractivity contribution >= 4 is 63.7 Å². The summed E-state index contributed by atoms with van der Waals surface area (Å²) in [4.78, 5) is 24.5. The van der Waals surface area contributed by atoms with Gasteiger partial charge < -0.3 is 16.0 Å². The normalized spacial score (nSPS) is 10.2. The van der Waals surface area contributed by atoms with Crippen molar-refractivity contribution in [3.05, 3.63) is 94.0 Å². The molecule has 0 saturated carbocycles. The highest BCUT2D eigenvalue weighted by molar-refractivity contribution is 7.80. The maximum atomic E-state index is 12.4. The molecule has 0 atom stereocenters. The Balaban J connectivity index is 1.56. The van der Waals surface area contributed by atoms with Crippen LogP contribution in [0.4, 0.5) is 11.4 Å². The zero-order valence-corrected chi connectivity index (χ0v) is 17.9. The minimum atomic E-state index is -0.284. The van der Waals surface area contributed by atoms with Gasteiger partial charge in [-0.05, 0) is 66.3 Å². The monoisotopic (exact) mass is 457 g/mol. The Morgan fingerprint density at radius 2 is 1.47 bits per heavy atom. The van der Waals surface area contributed by atoms with Gasteiger partial charge in [0, 0.05) is 27.0 Å². The van der Waals surface area contributed by atoms with Crippen molar-refractivity contribution in [3.63, 3.8) is 0 Å². The first kappa shape index (κ1) is 21.8. The van der Waals surface area contributed by atoms with E-state index < -0.39 is 0 Å². The summed E-state index contributed by atoms with van der Waals surface area (Å²) in [6.07, 6.45) is 0.175. The van der Waals surface area contributed by atoms with Gasteiger partial charge in [0.05, 0.1) is 6.42 Å². The van der Waals surface area contributed by atoms with E-state index in [1.807, 2.05) is 0 Å². The van der Waals surface area contributed by atoms with Crippen LogP contribution in [0.15, 0.2) is 72.8 Å². The summed E-state index contributed by atoms with van der Waals surface area (Å²) < 4.78 is 0. The van der Waals surface area contributed by atoms with E-state index in [1.165, 1.54) is 0 Å². The van der Waals surface area contributed by atoms with Crippen LogP contribution in [0.2, 0.25) is 10.0 Å². The molecule has 0 aromatic heterocycles. The molecule has 0 radical (unpaired) electrons. The van der Waals surface area contributed by atoms with E-state index in [1.54, 1.807) is 72.8 Å². The molecule has 3 N–H and O–H groups in total. The topological polar surface area (TPSA) is 70.2 Å². The summed E-state index contributed by atoms with van der Waals surface area (Å²) in [6, 6.07) is 20.7. The number of anilines is 2. The number of hydrogen-bond donors (Lipinski definition) is 3. The predicted molar refractivity (Wildman–Crippen MR) is 125 cm³/mol. The molecule has 3 aromatic rings. The van der Waals surface area contributed by atoms with Crippen LogP contribution in [0.1, 0.15) is 15.9 Å². The molecule has 5 nitrogen and oxygen atoms in total. The second-order valence-corrected chi connectivity index (χ2v) is 7.63. The molecule has 0 aliphatic rings. The molecular formula is C22H17Cl2N3O2S.